The van der Waals surface area contributed by atoms with Crippen LogP contribution in [0.2, 0.25) is 0 Å². The lowest BCUT2D eigenvalue weighted by Crippen LogP contribution is -2.35. The number of benzene rings is 1. The first kappa shape index (κ1) is 13.9. The van der Waals surface area contributed by atoms with Crippen LogP contribution >= 0.6 is 0 Å². The molecule has 0 saturated carbocycles. The lowest BCUT2D eigenvalue weighted by molar-refractivity contribution is -0.128. The average molecular weight is 262 g/mol. The number of ether oxygens (including phenoxy) is 1. The van der Waals surface area contributed by atoms with Gasteiger partial charge in [0.15, 0.2) is 0 Å². The molecule has 19 heavy (non-hydrogen) atoms. The summed E-state index contributed by atoms with van der Waals surface area (Å²) < 4.78 is 5.27. The van der Waals surface area contributed by atoms with Gasteiger partial charge in [-0.2, -0.15) is 0 Å². The number of hydrogen-bond donors (Lipinski definition) is 1. The first-order valence-electron chi connectivity index (χ1n) is 6.89. The van der Waals surface area contributed by atoms with E-state index in [9.17, 15) is 4.79 Å². The number of likely N-dealkylation sites (tertiary alicyclic amines) is 1. The zero-order chi connectivity index (χ0) is 13.7. The Morgan fingerprint density at radius 3 is 2.95 bits per heavy atom. The van der Waals surface area contributed by atoms with Crippen molar-refractivity contribution in [2.45, 2.75) is 25.8 Å². The molecular weight excluding hydrogens is 240 g/mol. The van der Waals surface area contributed by atoms with E-state index in [1.54, 1.807) is 7.11 Å². The van der Waals surface area contributed by atoms with Crippen LogP contribution in [0.15, 0.2) is 24.3 Å². The summed E-state index contributed by atoms with van der Waals surface area (Å²) in [5.74, 6) is 1.12. The number of amides is 1. The number of likely N-dealkylation sites (N-methyl/N-ethyl adjacent to an activating group) is 1. The Morgan fingerprint density at radius 2 is 2.32 bits per heavy atom. The van der Waals surface area contributed by atoms with Crippen molar-refractivity contribution in [2.75, 3.05) is 26.7 Å². The van der Waals surface area contributed by atoms with Crippen LogP contribution in [0, 0.1) is 0 Å². The van der Waals surface area contributed by atoms with E-state index < -0.39 is 0 Å². The van der Waals surface area contributed by atoms with Gasteiger partial charge in [-0.05, 0) is 30.7 Å². The molecule has 2 rings (SSSR count). The molecule has 1 N–H and O–H groups in total. The Balaban J connectivity index is 2.11. The summed E-state index contributed by atoms with van der Waals surface area (Å²) in [4.78, 5) is 13.7. The second-order valence-electron chi connectivity index (χ2n) is 4.83. The molecule has 1 aromatic carbocycles. The molecule has 1 atom stereocenters. The smallest absolute Gasteiger partial charge is 0.222 e. The molecule has 4 heteroatoms. The highest BCUT2D eigenvalue weighted by molar-refractivity contribution is 5.78. The number of hydrogen-bond acceptors (Lipinski definition) is 3. The van der Waals surface area contributed by atoms with E-state index in [0.717, 1.165) is 31.8 Å². The molecule has 1 unspecified atom stereocenters. The monoisotopic (exact) mass is 262 g/mol. The second-order valence-corrected chi connectivity index (χ2v) is 4.83. The molecular formula is C15H22N2O2. The van der Waals surface area contributed by atoms with Crippen LogP contribution in [0.1, 0.15) is 31.4 Å². The van der Waals surface area contributed by atoms with E-state index in [0.29, 0.717) is 6.42 Å². The van der Waals surface area contributed by atoms with E-state index >= 15 is 0 Å². The van der Waals surface area contributed by atoms with E-state index in [-0.39, 0.29) is 11.9 Å². The number of nitrogens with one attached hydrogen (secondary N) is 1. The Labute approximate surface area is 114 Å². The summed E-state index contributed by atoms with van der Waals surface area (Å²) in [5, 5.41) is 3.45. The molecule has 104 valence electrons. The Morgan fingerprint density at radius 1 is 1.47 bits per heavy atom. The quantitative estimate of drug-likeness (QED) is 0.852. The second kappa shape index (κ2) is 6.57. The van der Waals surface area contributed by atoms with Crippen molar-refractivity contribution in [3.63, 3.8) is 0 Å². The van der Waals surface area contributed by atoms with Crippen LogP contribution in [0.5, 0.6) is 5.75 Å². The fourth-order valence-electron chi connectivity index (χ4n) is 2.51. The zero-order valence-electron chi connectivity index (χ0n) is 11.7. The zero-order valence-corrected chi connectivity index (χ0v) is 11.7. The molecule has 1 aliphatic heterocycles. The van der Waals surface area contributed by atoms with E-state index in [2.05, 4.69) is 18.3 Å². The number of carbonyl (C=O) groups is 1. The third kappa shape index (κ3) is 3.47. The van der Waals surface area contributed by atoms with Gasteiger partial charge >= 0.3 is 0 Å². The van der Waals surface area contributed by atoms with Gasteiger partial charge in [0.05, 0.1) is 13.2 Å². The minimum Gasteiger partial charge on any atom is -0.497 e. The standard InChI is InChI=1S/C15H22N2O2/c1-3-16-14(11-17-9-5-8-15(17)18)12-6-4-7-13(10-12)19-2/h4,6-7,10,14,16H,3,5,8-9,11H2,1-2H3. The largest absolute Gasteiger partial charge is 0.497 e. The summed E-state index contributed by atoms with van der Waals surface area (Å²) in [7, 11) is 1.67. The molecule has 0 bridgehead atoms. The van der Waals surface area contributed by atoms with Crippen LogP contribution < -0.4 is 10.1 Å². The highest BCUT2D eigenvalue weighted by Crippen LogP contribution is 2.22. The third-order valence-electron chi connectivity index (χ3n) is 3.52. The molecule has 1 aromatic rings. The molecule has 0 spiro atoms. The number of carbonyl (C=O) groups excluding carboxylic acids is 1. The molecule has 1 fully saturated rings. The maximum absolute atomic E-state index is 11.7. The summed E-state index contributed by atoms with van der Waals surface area (Å²) in [6.45, 7) is 4.58. The van der Waals surface area contributed by atoms with Crippen molar-refractivity contribution in [3.05, 3.63) is 29.8 Å². The highest BCUT2D eigenvalue weighted by Gasteiger charge is 2.23. The van der Waals surface area contributed by atoms with Gasteiger partial charge < -0.3 is 15.0 Å². The predicted octanol–water partition coefficient (Wildman–Crippen LogP) is 1.97. The van der Waals surface area contributed by atoms with Crippen LogP contribution in [0.3, 0.4) is 0 Å². The molecule has 0 aliphatic carbocycles. The number of rotatable bonds is 6. The fourth-order valence-corrected chi connectivity index (χ4v) is 2.51. The third-order valence-corrected chi connectivity index (χ3v) is 3.52. The lowest BCUT2D eigenvalue weighted by atomic mass is 10.1. The van der Waals surface area contributed by atoms with Crippen LogP contribution in [0.4, 0.5) is 0 Å². The van der Waals surface area contributed by atoms with Crippen molar-refractivity contribution in [2.24, 2.45) is 0 Å². The molecule has 4 nitrogen and oxygen atoms in total. The van der Waals surface area contributed by atoms with Crippen molar-refractivity contribution < 1.29 is 9.53 Å². The topological polar surface area (TPSA) is 41.6 Å². The first-order valence-corrected chi connectivity index (χ1v) is 6.89. The van der Waals surface area contributed by atoms with Crippen molar-refractivity contribution in [3.8, 4) is 5.75 Å². The Hall–Kier alpha value is -1.55. The van der Waals surface area contributed by atoms with Gasteiger partial charge in [0, 0.05) is 19.5 Å². The summed E-state index contributed by atoms with van der Waals surface area (Å²) in [5.41, 5.74) is 1.17. The van der Waals surface area contributed by atoms with E-state index in [1.165, 1.54) is 5.56 Å². The summed E-state index contributed by atoms with van der Waals surface area (Å²) in [6, 6.07) is 8.21. The molecule has 0 aromatic heterocycles. The predicted molar refractivity (Wildman–Crippen MR) is 75.2 cm³/mol. The molecule has 1 saturated heterocycles. The number of nitrogens with zero attached hydrogens (tertiary/aromatic N) is 1. The van der Waals surface area contributed by atoms with E-state index in [1.807, 2.05) is 23.1 Å². The van der Waals surface area contributed by atoms with Gasteiger partial charge in [-0.25, -0.2) is 0 Å². The maximum Gasteiger partial charge on any atom is 0.222 e. The average Bonchev–Trinajstić information content (AvgIpc) is 2.84. The maximum atomic E-state index is 11.7. The Kier molecular flexibility index (Phi) is 4.80. The van der Waals surface area contributed by atoms with Gasteiger partial charge in [0.2, 0.25) is 5.91 Å². The fraction of sp³-hybridized carbons (Fsp3) is 0.533. The van der Waals surface area contributed by atoms with E-state index in [4.69, 9.17) is 4.74 Å². The Bertz CT molecular complexity index is 434. The van der Waals surface area contributed by atoms with Crippen LogP contribution in [-0.2, 0) is 4.79 Å². The van der Waals surface area contributed by atoms with Gasteiger partial charge in [-0.15, -0.1) is 0 Å². The summed E-state index contributed by atoms with van der Waals surface area (Å²) >= 11 is 0. The lowest BCUT2D eigenvalue weighted by Gasteiger charge is -2.25. The molecule has 1 aliphatic rings. The summed E-state index contributed by atoms with van der Waals surface area (Å²) in [6.07, 6.45) is 1.67. The van der Waals surface area contributed by atoms with Crippen molar-refractivity contribution in [1.82, 2.24) is 10.2 Å². The van der Waals surface area contributed by atoms with Crippen LogP contribution in [0.25, 0.3) is 0 Å². The SMILES string of the molecule is CCNC(CN1CCCC1=O)c1cccc(OC)c1. The molecule has 1 heterocycles. The highest BCUT2D eigenvalue weighted by atomic mass is 16.5. The van der Waals surface area contributed by atoms with Crippen molar-refractivity contribution >= 4 is 5.91 Å². The van der Waals surface area contributed by atoms with Gasteiger partial charge in [0.1, 0.15) is 5.75 Å². The first-order chi connectivity index (χ1) is 9.24. The van der Waals surface area contributed by atoms with Gasteiger partial charge in [-0.3, -0.25) is 4.79 Å². The van der Waals surface area contributed by atoms with Gasteiger partial charge in [0.25, 0.3) is 0 Å². The molecule has 0 radical (unpaired) electrons. The molecule has 1 amide bonds. The van der Waals surface area contributed by atoms with Crippen LogP contribution in [-0.4, -0.2) is 37.6 Å². The number of methoxy groups -OCH3 is 1. The minimum absolute atomic E-state index is 0.169. The van der Waals surface area contributed by atoms with Gasteiger partial charge in [-0.1, -0.05) is 19.1 Å². The van der Waals surface area contributed by atoms with Crippen molar-refractivity contribution in [1.29, 1.82) is 0 Å². The minimum atomic E-state index is 0.169. The normalized spacial score (nSPS) is 16.7.